The molecule has 0 bridgehead atoms. The summed E-state index contributed by atoms with van der Waals surface area (Å²) in [4.78, 5) is 12.3. The minimum absolute atomic E-state index is 0.0483. The Balaban J connectivity index is 0.911. The molecule has 0 aliphatic heterocycles. The number of nitrogens with one attached hydrogen (secondary N) is 1. The first-order chi connectivity index (χ1) is 30.8. The third kappa shape index (κ3) is 28.0. The van der Waals surface area contributed by atoms with Crippen molar-refractivity contribution in [1.82, 2.24) is 5.32 Å². The van der Waals surface area contributed by atoms with Gasteiger partial charge in [0.2, 0.25) is 0 Å². The summed E-state index contributed by atoms with van der Waals surface area (Å²) >= 11 is 2.42. The first-order valence-electron chi connectivity index (χ1n) is 22.4. The van der Waals surface area contributed by atoms with Crippen molar-refractivity contribution in [3.63, 3.8) is 0 Å². The highest BCUT2D eigenvalue weighted by Crippen LogP contribution is 2.44. The molecule has 1 amide bonds. The molecule has 0 aromatic heterocycles. The number of halogens is 1. The van der Waals surface area contributed by atoms with Crippen molar-refractivity contribution in [2.75, 3.05) is 176 Å². The number of rotatable bonds is 45. The maximum Gasteiger partial charge on any atom is 0.407 e. The van der Waals surface area contributed by atoms with Gasteiger partial charge in [-0.05, 0) is 45.9 Å². The molecule has 3 rings (SSSR count). The summed E-state index contributed by atoms with van der Waals surface area (Å²) in [7, 11) is 0. The number of carbonyl (C=O) groups is 1. The number of benzene rings is 2. The van der Waals surface area contributed by atoms with Crippen LogP contribution in [0.25, 0.3) is 11.1 Å². The lowest BCUT2D eigenvalue weighted by Crippen LogP contribution is -2.27. The summed E-state index contributed by atoms with van der Waals surface area (Å²) in [6.45, 7) is 13.5. The molecule has 0 saturated heterocycles. The second-order valence-corrected chi connectivity index (χ2v) is 15.1. The van der Waals surface area contributed by atoms with E-state index in [2.05, 4.69) is 52.2 Å². The van der Waals surface area contributed by atoms with Gasteiger partial charge in [-0.2, -0.15) is 0 Å². The molecule has 2 aromatic rings. The average molecular weight is 992 g/mol. The van der Waals surface area contributed by atoms with E-state index in [1.54, 1.807) is 0 Å². The second-order valence-electron chi connectivity index (χ2n) is 14.1. The smallest absolute Gasteiger partial charge is 0.407 e. The number of unbranched alkanes of at least 4 members (excludes halogenated alkanes) is 3. The van der Waals surface area contributed by atoms with Crippen LogP contribution in [0.3, 0.4) is 0 Å². The van der Waals surface area contributed by atoms with Crippen LogP contribution >= 0.6 is 22.6 Å². The Kier molecular flexibility index (Phi) is 35.4. The molecule has 0 fully saturated rings. The molecule has 0 spiro atoms. The minimum atomic E-state index is -0.415. The van der Waals surface area contributed by atoms with E-state index in [9.17, 15) is 4.79 Å². The summed E-state index contributed by atoms with van der Waals surface area (Å²) < 4.78 is 73.2. The van der Waals surface area contributed by atoms with Crippen LogP contribution in [0.5, 0.6) is 0 Å². The number of hydrogen-bond donors (Lipinski definition) is 1. The molecule has 1 aliphatic rings. The van der Waals surface area contributed by atoms with Crippen molar-refractivity contribution in [2.24, 2.45) is 0 Å². The molecule has 1 N–H and O–H groups in total. The van der Waals surface area contributed by atoms with Crippen LogP contribution in [0.2, 0.25) is 0 Å². The van der Waals surface area contributed by atoms with E-state index in [-0.39, 0.29) is 5.92 Å². The molecular weight excluding hydrogens is 917 g/mol. The quantitative estimate of drug-likeness (QED) is 0.0462. The number of alkyl carbamates (subject to hydrolysis) is 1. The van der Waals surface area contributed by atoms with Crippen molar-refractivity contribution >= 4 is 28.7 Å². The predicted octanol–water partition coefficient (Wildman–Crippen LogP) is 6.11. The molecular formula is C46H74INO14. The lowest BCUT2D eigenvalue weighted by Gasteiger charge is -2.14. The first kappa shape index (κ1) is 54.3. The van der Waals surface area contributed by atoms with Gasteiger partial charge in [-0.15, -0.1) is 0 Å². The van der Waals surface area contributed by atoms with E-state index in [0.29, 0.717) is 172 Å². The van der Waals surface area contributed by atoms with Crippen LogP contribution in [0.15, 0.2) is 48.5 Å². The van der Waals surface area contributed by atoms with E-state index in [1.807, 2.05) is 24.3 Å². The van der Waals surface area contributed by atoms with Crippen molar-refractivity contribution < 1.29 is 66.4 Å². The van der Waals surface area contributed by atoms with Gasteiger partial charge in [-0.3, -0.25) is 0 Å². The summed E-state index contributed by atoms with van der Waals surface area (Å²) in [5.74, 6) is 0.0483. The molecule has 62 heavy (non-hydrogen) atoms. The number of alkyl halides is 1. The van der Waals surface area contributed by atoms with Crippen LogP contribution in [-0.2, 0) is 61.6 Å². The monoisotopic (exact) mass is 991 g/mol. The molecule has 0 unspecified atom stereocenters. The highest BCUT2D eigenvalue weighted by Gasteiger charge is 2.29. The molecule has 0 saturated carbocycles. The van der Waals surface area contributed by atoms with Crippen molar-refractivity contribution in [3.8, 4) is 11.1 Å². The summed E-state index contributed by atoms with van der Waals surface area (Å²) in [5, 5.41) is 2.81. The van der Waals surface area contributed by atoms with Gasteiger partial charge in [0.05, 0.1) is 145 Å². The van der Waals surface area contributed by atoms with Gasteiger partial charge < -0.3 is 66.9 Å². The maximum atomic E-state index is 12.3. The van der Waals surface area contributed by atoms with Gasteiger partial charge in [0.25, 0.3) is 0 Å². The largest absolute Gasteiger partial charge is 0.449 e. The second kappa shape index (κ2) is 40.5. The Morgan fingerprint density at radius 2 is 0.710 bits per heavy atom. The molecule has 354 valence electrons. The third-order valence-electron chi connectivity index (χ3n) is 9.34. The molecule has 16 heteroatoms. The van der Waals surface area contributed by atoms with Crippen molar-refractivity contribution in [3.05, 3.63) is 59.7 Å². The number of hydrogen-bond acceptors (Lipinski definition) is 14. The van der Waals surface area contributed by atoms with Crippen LogP contribution in [-0.4, -0.2) is 182 Å². The van der Waals surface area contributed by atoms with Gasteiger partial charge in [0.15, 0.2) is 0 Å². The minimum Gasteiger partial charge on any atom is -0.449 e. The molecule has 0 atom stereocenters. The standard InChI is InChI=1S/C46H74INO14/c47-14-7-1-2-8-16-50-18-20-52-22-24-54-26-28-56-30-32-58-34-36-60-38-39-61-37-35-59-33-31-57-29-27-55-25-23-53-21-19-51-17-9-15-48-46(49)62-40-45-43-12-5-3-10-41(43)42-11-4-6-13-44(42)45/h3-6,10-13,45H,1-2,7-9,14-40H2,(H,48,49). The van der Waals surface area contributed by atoms with Crippen molar-refractivity contribution in [2.45, 2.75) is 38.0 Å². The average Bonchev–Trinajstić information content (AvgIpc) is 3.61. The fraction of sp³-hybridized carbons (Fsp3) is 0.717. The van der Waals surface area contributed by atoms with E-state index in [1.165, 1.54) is 45.9 Å². The lowest BCUT2D eigenvalue weighted by atomic mass is 9.98. The topological polar surface area (TPSA) is 149 Å². The molecule has 2 aromatic carbocycles. The highest BCUT2D eigenvalue weighted by atomic mass is 127. The van der Waals surface area contributed by atoms with Crippen LogP contribution < -0.4 is 5.32 Å². The number of amides is 1. The fourth-order valence-electron chi connectivity index (χ4n) is 6.19. The zero-order valence-corrected chi connectivity index (χ0v) is 39.1. The predicted molar refractivity (Wildman–Crippen MR) is 245 cm³/mol. The Hall–Kier alpha value is -2.04. The molecule has 15 nitrogen and oxygen atoms in total. The van der Waals surface area contributed by atoms with Gasteiger partial charge >= 0.3 is 6.09 Å². The molecule has 1 aliphatic carbocycles. The van der Waals surface area contributed by atoms with E-state index in [4.69, 9.17) is 61.6 Å². The Morgan fingerprint density at radius 3 is 1.06 bits per heavy atom. The Bertz CT molecular complexity index is 1280. The van der Waals surface area contributed by atoms with E-state index in [0.717, 1.165) is 13.0 Å². The SMILES string of the molecule is O=C(NCCCOCCOCCOCCOCCOCCOCCOCCOCCOCCOCCOCCOCCCCCCI)OCC1c2ccccc2-c2ccccc21. The van der Waals surface area contributed by atoms with Crippen LogP contribution in [0.4, 0.5) is 4.79 Å². The normalized spacial score (nSPS) is 12.2. The van der Waals surface area contributed by atoms with Crippen LogP contribution in [0, 0.1) is 0 Å². The fourth-order valence-corrected chi connectivity index (χ4v) is 6.73. The number of ether oxygens (including phenoxy) is 13. The van der Waals surface area contributed by atoms with Gasteiger partial charge in [-0.1, -0.05) is 84.0 Å². The molecule has 0 heterocycles. The lowest BCUT2D eigenvalue weighted by molar-refractivity contribution is -0.0283. The third-order valence-corrected chi connectivity index (χ3v) is 10.1. The Morgan fingerprint density at radius 1 is 0.403 bits per heavy atom. The Labute approximate surface area is 383 Å². The summed E-state index contributed by atoms with van der Waals surface area (Å²) in [6, 6.07) is 16.6. The van der Waals surface area contributed by atoms with Gasteiger partial charge in [0, 0.05) is 25.7 Å². The zero-order valence-electron chi connectivity index (χ0n) is 36.9. The summed E-state index contributed by atoms with van der Waals surface area (Å²) in [5.41, 5.74) is 4.81. The first-order valence-corrected chi connectivity index (χ1v) is 23.9. The van der Waals surface area contributed by atoms with Gasteiger partial charge in [-0.25, -0.2) is 4.79 Å². The van der Waals surface area contributed by atoms with E-state index < -0.39 is 6.09 Å². The van der Waals surface area contributed by atoms with E-state index >= 15 is 0 Å². The van der Waals surface area contributed by atoms with Crippen molar-refractivity contribution in [1.29, 1.82) is 0 Å². The zero-order chi connectivity index (χ0) is 43.6. The van der Waals surface area contributed by atoms with Gasteiger partial charge in [0.1, 0.15) is 6.61 Å². The number of carbonyl (C=O) groups excluding carboxylic acids is 1. The molecule has 0 radical (unpaired) electrons. The van der Waals surface area contributed by atoms with Crippen LogP contribution in [0.1, 0.15) is 49.1 Å². The number of fused-ring (bicyclic) bond motifs is 3. The summed E-state index contributed by atoms with van der Waals surface area (Å²) in [6.07, 6.45) is 5.23. The maximum absolute atomic E-state index is 12.3. The highest BCUT2D eigenvalue weighted by molar-refractivity contribution is 14.1.